The lowest BCUT2D eigenvalue weighted by molar-refractivity contribution is 0.425. The van der Waals surface area contributed by atoms with Crippen LogP contribution in [0.5, 0.6) is 0 Å². The Morgan fingerprint density at radius 2 is 1.94 bits per heavy atom. The van der Waals surface area contributed by atoms with Gasteiger partial charge in [-0.2, -0.15) is 0 Å². The summed E-state index contributed by atoms with van der Waals surface area (Å²) in [5, 5.41) is 18.6. The average molecular weight is 251 g/mol. The van der Waals surface area contributed by atoms with E-state index in [1.165, 1.54) is 24.4 Å². The first-order valence-corrected chi connectivity index (χ1v) is 6.73. The third kappa shape index (κ3) is 2.46. The number of nitrogens with zero attached hydrogens (tertiary/aromatic N) is 1. The van der Waals surface area contributed by atoms with E-state index in [0.29, 0.717) is 10.9 Å². The normalized spacial score (nSPS) is 11.7. The second kappa shape index (κ2) is 4.10. The molecule has 1 aromatic heterocycles. The van der Waals surface area contributed by atoms with Gasteiger partial charge in [0.15, 0.2) is 9.84 Å². The largest absolute Gasteiger partial charge is 0.490 e. The summed E-state index contributed by atoms with van der Waals surface area (Å²) < 4.78 is 22.8. The maximum atomic E-state index is 11.4. The fourth-order valence-corrected chi connectivity index (χ4v) is 2.15. The van der Waals surface area contributed by atoms with E-state index in [2.05, 4.69) is 4.98 Å². The van der Waals surface area contributed by atoms with Crippen molar-refractivity contribution in [2.45, 2.75) is 4.90 Å². The average Bonchev–Trinajstić information content (AvgIpc) is 2.26. The predicted molar refractivity (Wildman–Crippen MR) is 64.7 cm³/mol. The zero-order valence-corrected chi connectivity index (χ0v) is 9.85. The lowest BCUT2D eigenvalue weighted by Gasteiger charge is -2.04. The zero-order chi connectivity index (χ0) is 12.6. The lowest BCUT2D eigenvalue weighted by Crippen LogP contribution is -2.29. The van der Waals surface area contributed by atoms with Gasteiger partial charge in [0.1, 0.15) is 0 Å². The summed E-state index contributed by atoms with van der Waals surface area (Å²) in [6.07, 6.45) is 2.46. The van der Waals surface area contributed by atoms with Gasteiger partial charge in [-0.1, -0.05) is 6.07 Å². The molecule has 2 N–H and O–H groups in total. The first kappa shape index (κ1) is 12.0. The molecule has 1 heterocycles. The van der Waals surface area contributed by atoms with Gasteiger partial charge in [-0.25, -0.2) is 8.42 Å². The van der Waals surface area contributed by atoms with E-state index in [4.69, 9.17) is 10.0 Å². The Labute approximate surface area is 98.8 Å². The van der Waals surface area contributed by atoms with E-state index in [0.717, 1.165) is 6.26 Å². The first-order valence-electron chi connectivity index (χ1n) is 4.84. The Morgan fingerprint density at radius 3 is 2.53 bits per heavy atom. The van der Waals surface area contributed by atoms with Crippen molar-refractivity contribution in [3.8, 4) is 0 Å². The highest BCUT2D eigenvalue weighted by atomic mass is 32.2. The molecule has 0 radical (unpaired) electrons. The minimum atomic E-state index is -3.28. The molecule has 0 aliphatic rings. The summed E-state index contributed by atoms with van der Waals surface area (Å²) in [5.41, 5.74) is 0.824. The molecule has 0 bridgehead atoms. The standard InChI is InChI=1S/C10H10BNO4S/c1-17(15,16)9-2-3-10-7(5-9)4-8(6-12-10)11(13)14/h2-6,13-14H,1H3. The van der Waals surface area contributed by atoms with Gasteiger partial charge in [-0.05, 0) is 18.2 Å². The van der Waals surface area contributed by atoms with Crippen LogP contribution in [0.15, 0.2) is 35.4 Å². The highest BCUT2D eigenvalue weighted by Gasteiger charge is 2.13. The third-order valence-electron chi connectivity index (χ3n) is 2.40. The quantitative estimate of drug-likeness (QED) is 0.690. The fourth-order valence-electron chi connectivity index (χ4n) is 1.50. The highest BCUT2D eigenvalue weighted by molar-refractivity contribution is 7.90. The van der Waals surface area contributed by atoms with Gasteiger partial charge >= 0.3 is 7.12 Å². The highest BCUT2D eigenvalue weighted by Crippen LogP contribution is 2.16. The van der Waals surface area contributed by atoms with Crippen LogP contribution in [0.3, 0.4) is 0 Å². The van der Waals surface area contributed by atoms with Crippen LogP contribution in [-0.4, -0.2) is 36.8 Å². The van der Waals surface area contributed by atoms with E-state index in [9.17, 15) is 8.42 Å². The molecule has 88 valence electrons. The van der Waals surface area contributed by atoms with E-state index in [-0.39, 0.29) is 10.4 Å². The molecule has 7 heteroatoms. The maximum Gasteiger partial charge on any atom is 0.490 e. The number of sulfone groups is 1. The molecule has 0 fully saturated rings. The van der Waals surface area contributed by atoms with Crippen LogP contribution in [0.2, 0.25) is 0 Å². The van der Waals surface area contributed by atoms with Gasteiger partial charge in [0, 0.05) is 23.3 Å². The van der Waals surface area contributed by atoms with Crippen molar-refractivity contribution in [1.82, 2.24) is 4.98 Å². The molecule has 2 aromatic rings. The Hall–Kier alpha value is -1.44. The predicted octanol–water partition coefficient (Wildman–Crippen LogP) is -0.682. The van der Waals surface area contributed by atoms with Crippen molar-refractivity contribution in [1.29, 1.82) is 0 Å². The Kier molecular flexibility index (Phi) is 2.90. The van der Waals surface area contributed by atoms with Crippen molar-refractivity contribution >= 4 is 33.3 Å². The molecule has 17 heavy (non-hydrogen) atoms. The van der Waals surface area contributed by atoms with E-state index in [1.54, 1.807) is 6.07 Å². The molecule has 0 aliphatic carbocycles. The number of benzene rings is 1. The smallest absolute Gasteiger partial charge is 0.423 e. The molecule has 0 unspecified atom stereocenters. The van der Waals surface area contributed by atoms with Crippen LogP contribution in [0.25, 0.3) is 10.9 Å². The van der Waals surface area contributed by atoms with Crippen LogP contribution in [0, 0.1) is 0 Å². The maximum absolute atomic E-state index is 11.4. The molecule has 0 spiro atoms. The minimum absolute atomic E-state index is 0.177. The van der Waals surface area contributed by atoms with Crippen LogP contribution in [-0.2, 0) is 9.84 Å². The molecule has 0 aliphatic heterocycles. The van der Waals surface area contributed by atoms with Crippen molar-refractivity contribution in [2.75, 3.05) is 6.26 Å². The van der Waals surface area contributed by atoms with Crippen LogP contribution >= 0.6 is 0 Å². The molecule has 1 aromatic carbocycles. The van der Waals surface area contributed by atoms with Gasteiger partial charge in [0.25, 0.3) is 0 Å². The summed E-state index contributed by atoms with van der Waals surface area (Å²) in [4.78, 5) is 4.19. The van der Waals surface area contributed by atoms with E-state index < -0.39 is 17.0 Å². The molecule has 0 atom stereocenters. The molecule has 0 amide bonds. The number of pyridine rings is 1. The monoisotopic (exact) mass is 251 g/mol. The number of hydrogen-bond donors (Lipinski definition) is 2. The number of hydrogen-bond acceptors (Lipinski definition) is 5. The number of fused-ring (bicyclic) bond motifs is 1. The lowest BCUT2D eigenvalue weighted by atomic mass is 9.81. The van der Waals surface area contributed by atoms with Gasteiger partial charge < -0.3 is 10.0 Å². The van der Waals surface area contributed by atoms with Crippen LogP contribution in [0.1, 0.15) is 0 Å². The number of rotatable bonds is 2. The molecule has 2 rings (SSSR count). The zero-order valence-electron chi connectivity index (χ0n) is 9.03. The topological polar surface area (TPSA) is 87.5 Å². The summed E-state index contributed by atoms with van der Waals surface area (Å²) >= 11 is 0. The van der Waals surface area contributed by atoms with Crippen molar-refractivity contribution < 1.29 is 18.5 Å². The molecule has 0 saturated carbocycles. The summed E-state index contributed by atoms with van der Waals surface area (Å²) in [6.45, 7) is 0. The first-order chi connectivity index (χ1) is 7.88. The van der Waals surface area contributed by atoms with Gasteiger partial charge in [-0.3, -0.25) is 4.98 Å². The van der Waals surface area contributed by atoms with Crippen molar-refractivity contribution in [3.63, 3.8) is 0 Å². The Bertz CT molecular complexity index is 669. The molecular formula is C10H10BNO4S. The summed E-state index contributed by atoms with van der Waals surface area (Å²) in [7, 11) is -4.90. The Morgan fingerprint density at radius 1 is 1.24 bits per heavy atom. The fraction of sp³-hybridized carbons (Fsp3) is 0.100. The van der Waals surface area contributed by atoms with Crippen molar-refractivity contribution in [3.05, 3.63) is 30.5 Å². The van der Waals surface area contributed by atoms with E-state index >= 15 is 0 Å². The minimum Gasteiger partial charge on any atom is -0.423 e. The van der Waals surface area contributed by atoms with Crippen LogP contribution in [0.4, 0.5) is 0 Å². The summed E-state index contributed by atoms with van der Waals surface area (Å²) in [5.74, 6) is 0. The molecular weight excluding hydrogens is 241 g/mol. The van der Waals surface area contributed by atoms with Crippen molar-refractivity contribution in [2.24, 2.45) is 0 Å². The van der Waals surface area contributed by atoms with Gasteiger partial charge in [-0.15, -0.1) is 0 Å². The second-order valence-corrected chi connectivity index (χ2v) is 5.78. The molecule has 5 nitrogen and oxygen atoms in total. The number of aromatic nitrogens is 1. The molecule has 0 saturated heterocycles. The third-order valence-corrected chi connectivity index (χ3v) is 3.51. The van der Waals surface area contributed by atoms with Gasteiger partial charge in [0.05, 0.1) is 10.4 Å². The Balaban J connectivity index is 2.67. The van der Waals surface area contributed by atoms with Gasteiger partial charge in [0.2, 0.25) is 0 Å². The second-order valence-electron chi connectivity index (χ2n) is 3.77. The van der Waals surface area contributed by atoms with Crippen LogP contribution < -0.4 is 5.46 Å². The van der Waals surface area contributed by atoms with E-state index in [1.807, 2.05) is 0 Å². The summed E-state index contributed by atoms with van der Waals surface area (Å²) in [6, 6.07) is 6.02. The SMILES string of the molecule is CS(=O)(=O)c1ccc2ncc(B(O)O)cc2c1.